The molecule has 0 aromatic carbocycles. The van der Waals surface area contributed by atoms with E-state index < -0.39 is 23.7 Å². The monoisotopic (exact) mass is 158 g/mol. The maximum absolute atomic E-state index is 10.0. The van der Waals surface area contributed by atoms with Gasteiger partial charge < -0.3 is 14.6 Å². The second kappa shape index (κ2) is 2.37. The van der Waals surface area contributed by atoms with Gasteiger partial charge in [-0.3, -0.25) is 0 Å². The van der Waals surface area contributed by atoms with Crippen LogP contribution < -0.4 is 0 Å². The van der Waals surface area contributed by atoms with Crippen LogP contribution in [0.3, 0.4) is 0 Å². The Hall–Kier alpha value is -1.92. The molecule has 0 saturated heterocycles. The van der Waals surface area contributed by atoms with Crippen LogP contribution in [-0.4, -0.2) is 32.3 Å². The summed E-state index contributed by atoms with van der Waals surface area (Å²) in [5, 5.41) is 22.3. The number of aromatic nitrogens is 2. The fraction of sp³-hybridized carbons (Fsp3) is 0. The Bertz CT molecular complexity index is 275. The highest BCUT2D eigenvalue weighted by molar-refractivity contribution is 5.85. The van der Waals surface area contributed by atoms with Gasteiger partial charge in [-0.25, -0.2) is 9.59 Å². The molecule has 0 saturated carbocycles. The van der Waals surface area contributed by atoms with Crippen LogP contribution in [0.25, 0.3) is 0 Å². The number of rotatable bonds is 2. The lowest BCUT2D eigenvalue weighted by Crippen LogP contribution is -1.96. The Morgan fingerprint density at radius 3 is 1.64 bits per heavy atom. The number of hydrogen-bond acceptors (Lipinski definition) is 5. The number of aromatic carboxylic acids is 2. The number of carbonyl (C=O) groups is 2. The van der Waals surface area contributed by atoms with Crippen LogP contribution in [0.15, 0.2) is 4.42 Å². The van der Waals surface area contributed by atoms with E-state index in [1.165, 1.54) is 0 Å². The summed E-state index contributed by atoms with van der Waals surface area (Å²) in [4.78, 5) is 20.1. The zero-order valence-electron chi connectivity index (χ0n) is 5.01. The van der Waals surface area contributed by atoms with Crippen molar-refractivity contribution in [3.05, 3.63) is 11.8 Å². The minimum absolute atomic E-state index is 0.734. The van der Waals surface area contributed by atoms with Gasteiger partial charge in [0.15, 0.2) is 0 Å². The van der Waals surface area contributed by atoms with Crippen LogP contribution in [0.2, 0.25) is 0 Å². The quantitative estimate of drug-likeness (QED) is 0.594. The van der Waals surface area contributed by atoms with E-state index >= 15 is 0 Å². The van der Waals surface area contributed by atoms with Gasteiger partial charge in [0, 0.05) is 0 Å². The van der Waals surface area contributed by atoms with Crippen LogP contribution in [0.4, 0.5) is 0 Å². The van der Waals surface area contributed by atoms with Crippen molar-refractivity contribution in [1.82, 2.24) is 10.2 Å². The lowest BCUT2D eigenvalue weighted by atomic mass is 10.7. The first-order valence-electron chi connectivity index (χ1n) is 2.41. The topological polar surface area (TPSA) is 114 Å². The molecule has 1 rings (SSSR count). The number of nitrogens with zero attached hydrogens (tertiary/aromatic N) is 2. The molecule has 1 heterocycles. The Morgan fingerprint density at radius 1 is 1.09 bits per heavy atom. The third-order valence-electron chi connectivity index (χ3n) is 0.791. The van der Waals surface area contributed by atoms with Crippen molar-refractivity contribution in [2.45, 2.75) is 0 Å². The average Bonchev–Trinajstić information content (AvgIpc) is 2.33. The maximum Gasteiger partial charge on any atom is 0.393 e. The van der Waals surface area contributed by atoms with Crippen molar-refractivity contribution in [2.24, 2.45) is 0 Å². The minimum atomic E-state index is -1.45. The molecule has 0 bridgehead atoms. The van der Waals surface area contributed by atoms with Crippen molar-refractivity contribution >= 4 is 11.9 Å². The summed E-state index contributed by atoms with van der Waals surface area (Å²) < 4.78 is 4.19. The van der Waals surface area contributed by atoms with Gasteiger partial charge >= 0.3 is 23.7 Å². The molecule has 2 N–H and O–H groups in total. The van der Waals surface area contributed by atoms with Crippen LogP contribution in [0, 0.1) is 0 Å². The summed E-state index contributed by atoms with van der Waals surface area (Å²) in [5.74, 6) is -4.38. The molecule has 0 aliphatic heterocycles. The molecule has 1 aromatic rings. The maximum atomic E-state index is 10.0. The Kier molecular flexibility index (Phi) is 1.55. The molecule has 1 aromatic heterocycles. The fourth-order valence-corrected chi connectivity index (χ4v) is 0.396. The molecule has 7 nitrogen and oxygen atoms in total. The number of hydrogen-bond donors (Lipinski definition) is 2. The second-order valence-corrected chi connectivity index (χ2v) is 1.52. The summed E-state index contributed by atoms with van der Waals surface area (Å²) in [7, 11) is 0. The zero-order chi connectivity index (χ0) is 8.43. The first kappa shape index (κ1) is 7.19. The number of carboxylic acids is 2. The molecule has 0 radical (unpaired) electrons. The second-order valence-electron chi connectivity index (χ2n) is 1.52. The van der Waals surface area contributed by atoms with Crippen molar-refractivity contribution in [2.75, 3.05) is 0 Å². The first-order chi connectivity index (χ1) is 5.11. The lowest BCUT2D eigenvalue weighted by Gasteiger charge is -1.80. The average molecular weight is 158 g/mol. The van der Waals surface area contributed by atoms with E-state index in [-0.39, 0.29) is 0 Å². The van der Waals surface area contributed by atoms with Crippen molar-refractivity contribution in [1.29, 1.82) is 0 Å². The van der Waals surface area contributed by atoms with Crippen LogP contribution >= 0.6 is 0 Å². The van der Waals surface area contributed by atoms with Gasteiger partial charge in [0.05, 0.1) is 0 Å². The Balaban J connectivity index is 2.99. The third kappa shape index (κ3) is 1.31. The van der Waals surface area contributed by atoms with Gasteiger partial charge in [0.2, 0.25) is 0 Å². The molecule has 0 amide bonds. The molecule has 0 unspecified atom stereocenters. The summed E-state index contributed by atoms with van der Waals surface area (Å²) in [6.07, 6.45) is 0. The predicted molar refractivity (Wildman–Crippen MR) is 28.2 cm³/mol. The summed E-state index contributed by atoms with van der Waals surface area (Å²) in [6, 6.07) is 0. The largest absolute Gasteiger partial charge is 0.474 e. The van der Waals surface area contributed by atoms with Gasteiger partial charge in [0.25, 0.3) is 0 Å². The molecule has 0 fully saturated rings. The van der Waals surface area contributed by atoms with E-state index in [0.29, 0.717) is 0 Å². The van der Waals surface area contributed by atoms with E-state index in [1.807, 2.05) is 0 Å². The van der Waals surface area contributed by atoms with Gasteiger partial charge in [-0.2, -0.15) is 0 Å². The highest BCUT2D eigenvalue weighted by Gasteiger charge is 2.16. The standard InChI is InChI=1S/C4H2N2O5/c7-3(8)1-5-6-2(11-1)4(9)10/h(H,7,8)(H,9,10). The lowest BCUT2D eigenvalue weighted by molar-refractivity contribution is 0.0624. The molecule has 0 atom stereocenters. The van der Waals surface area contributed by atoms with E-state index in [2.05, 4.69) is 14.6 Å². The van der Waals surface area contributed by atoms with Gasteiger partial charge in [-0.15, -0.1) is 10.2 Å². The summed E-state index contributed by atoms with van der Waals surface area (Å²) in [5.41, 5.74) is 0. The SMILES string of the molecule is O=C(O)c1nnc(C(=O)O)o1. The van der Waals surface area contributed by atoms with E-state index in [4.69, 9.17) is 10.2 Å². The third-order valence-corrected chi connectivity index (χ3v) is 0.791. The van der Waals surface area contributed by atoms with E-state index in [9.17, 15) is 9.59 Å². The molecule has 0 aliphatic carbocycles. The highest BCUT2D eigenvalue weighted by atomic mass is 16.4. The van der Waals surface area contributed by atoms with Gasteiger partial charge in [-0.05, 0) is 0 Å². The van der Waals surface area contributed by atoms with Gasteiger partial charge in [-0.1, -0.05) is 0 Å². The molecule has 7 heteroatoms. The van der Waals surface area contributed by atoms with Crippen molar-refractivity contribution in [3.8, 4) is 0 Å². The molecule has 58 valence electrons. The van der Waals surface area contributed by atoms with Crippen LogP contribution in [0.5, 0.6) is 0 Å². The van der Waals surface area contributed by atoms with E-state index in [1.54, 1.807) is 0 Å². The molecule has 11 heavy (non-hydrogen) atoms. The minimum Gasteiger partial charge on any atom is -0.474 e. The molecular weight excluding hydrogens is 156 g/mol. The van der Waals surface area contributed by atoms with Crippen LogP contribution in [-0.2, 0) is 0 Å². The summed E-state index contributed by atoms with van der Waals surface area (Å²) >= 11 is 0. The van der Waals surface area contributed by atoms with Crippen molar-refractivity contribution < 1.29 is 24.2 Å². The normalized spacial score (nSPS) is 9.45. The number of carboxylic acid groups (broad SMARTS) is 2. The van der Waals surface area contributed by atoms with E-state index in [0.717, 1.165) is 0 Å². The smallest absolute Gasteiger partial charge is 0.393 e. The molecule has 0 aliphatic rings. The fourth-order valence-electron chi connectivity index (χ4n) is 0.396. The zero-order valence-corrected chi connectivity index (χ0v) is 5.01. The van der Waals surface area contributed by atoms with Gasteiger partial charge in [0.1, 0.15) is 0 Å². The first-order valence-corrected chi connectivity index (χ1v) is 2.41. The highest BCUT2D eigenvalue weighted by Crippen LogP contribution is 1.98. The predicted octanol–water partition coefficient (Wildman–Crippen LogP) is -0.534. The molecule has 0 spiro atoms. The van der Waals surface area contributed by atoms with Crippen molar-refractivity contribution in [3.63, 3.8) is 0 Å². The van der Waals surface area contributed by atoms with Crippen LogP contribution in [0.1, 0.15) is 21.4 Å². The Morgan fingerprint density at radius 2 is 1.45 bits per heavy atom. The summed E-state index contributed by atoms with van der Waals surface area (Å²) in [6.45, 7) is 0. The Labute approximate surface area is 59.3 Å². The molecular formula is C4H2N2O5.